The number of quaternary nitrogens is 1. The van der Waals surface area contributed by atoms with Crippen LogP contribution in [0.25, 0.3) is 0 Å². The van der Waals surface area contributed by atoms with Gasteiger partial charge in [-0.1, -0.05) is 11.6 Å². The molecule has 0 aliphatic rings. The highest BCUT2D eigenvalue weighted by molar-refractivity contribution is 6.17. The van der Waals surface area contributed by atoms with Crippen LogP contribution >= 0.6 is 11.6 Å². The molecule has 8 heavy (non-hydrogen) atoms. The quantitative estimate of drug-likeness (QED) is 0.333. The van der Waals surface area contributed by atoms with E-state index in [1.54, 1.807) is 0 Å². The standard InChI is InChI=1S/C4H8ClNO2/c1-6(2,3-5)4(7)8/h3H2,1-2H3/p+1. The van der Waals surface area contributed by atoms with Gasteiger partial charge in [0.1, 0.15) is 0 Å². The highest BCUT2D eigenvalue weighted by atomic mass is 35.5. The zero-order valence-corrected chi connectivity index (χ0v) is 5.64. The number of amides is 1. The number of carboxylic acid groups (broad SMARTS) is 1. The van der Waals surface area contributed by atoms with E-state index in [2.05, 4.69) is 0 Å². The summed E-state index contributed by atoms with van der Waals surface area (Å²) >= 11 is 5.28. The van der Waals surface area contributed by atoms with Gasteiger partial charge in [-0.15, -0.1) is 0 Å². The van der Waals surface area contributed by atoms with E-state index in [0.29, 0.717) is 0 Å². The first-order valence-corrected chi connectivity index (χ1v) is 2.66. The minimum absolute atomic E-state index is 0.0926. The molecule has 0 aromatic heterocycles. The van der Waals surface area contributed by atoms with Crippen molar-refractivity contribution in [3.63, 3.8) is 0 Å². The van der Waals surface area contributed by atoms with Crippen LogP contribution in [0, 0.1) is 0 Å². The summed E-state index contributed by atoms with van der Waals surface area (Å²) in [5.74, 6) is 0. The summed E-state index contributed by atoms with van der Waals surface area (Å²) in [7, 11) is 3.05. The van der Waals surface area contributed by atoms with Crippen molar-refractivity contribution in [3.8, 4) is 0 Å². The molecule has 0 fully saturated rings. The van der Waals surface area contributed by atoms with E-state index in [0.717, 1.165) is 0 Å². The lowest BCUT2D eigenvalue weighted by Crippen LogP contribution is -2.43. The van der Waals surface area contributed by atoms with E-state index in [-0.39, 0.29) is 10.5 Å². The van der Waals surface area contributed by atoms with E-state index >= 15 is 0 Å². The molecule has 0 heterocycles. The first-order valence-electron chi connectivity index (χ1n) is 2.13. The zero-order chi connectivity index (χ0) is 6.78. The molecule has 0 aromatic rings. The van der Waals surface area contributed by atoms with Gasteiger partial charge >= 0.3 is 6.09 Å². The number of hydrogen-bond donors (Lipinski definition) is 1. The molecule has 0 aromatic carbocycles. The van der Waals surface area contributed by atoms with Crippen molar-refractivity contribution < 1.29 is 14.4 Å². The lowest BCUT2D eigenvalue weighted by atomic mass is 10.7. The Morgan fingerprint density at radius 1 is 1.75 bits per heavy atom. The lowest BCUT2D eigenvalue weighted by molar-refractivity contribution is -0.804. The highest BCUT2D eigenvalue weighted by Gasteiger charge is 2.23. The summed E-state index contributed by atoms with van der Waals surface area (Å²) in [5.41, 5.74) is 0. The average Bonchev–Trinajstić information content (AvgIpc) is 1.67. The molecule has 4 heteroatoms. The van der Waals surface area contributed by atoms with Gasteiger partial charge in [-0.05, 0) is 0 Å². The molecule has 0 rings (SSSR count). The van der Waals surface area contributed by atoms with Crippen LogP contribution in [-0.2, 0) is 0 Å². The molecule has 0 spiro atoms. The lowest BCUT2D eigenvalue weighted by Gasteiger charge is -2.17. The summed E-state index contributed by atoms with van der Waals surface area (Å²) in [6, 6.07) is 0.0926. The predicted octanol–water partition coefficient (Wildman–Crippen LogP) is 0.937. The Morgan fingerprint density at radius 3 is 2.12 bits per heavy atom. The van der Waals surface area contributed by atoms with Crippen LogP contribution in [0.1, 0.15) is 0 Å². The maximum absolute atomic E-state index is 10.1. The maximum atomic E-state index is 10.1. The molecule has 0 bridgehead atoms. The summed E-state index contributed by atoms with van der Waals surface area (Å²) < 4.78 is -0.193. The van der Waals surface area contributed by atoms with Crippen LogP contribution < -0.4 is 0 Å². The summed E-state index contributed by atoms with van der Waals surface area (Å²) in [6.07, 6.45) is -0.917. The predicted molar refractivity (Wildman–Crippen MR) is 30.9 cm³/mol. The molecule has 0 unspecified atom stereocenters. The van der Waals surface area contributed by atoms with Gasteiger partial charge in [-0.2, -0.15) is 4.79 Å². The third kappa shape index (κ3) is 1.68. The van der Waals surface area contributed by atoms with Gasteiger partial charge in [0.15, 0.2) is 6.00 Å². The second-order valence-corrected chi connectivity index (χ2v) is 2.33. The molecule has 1 amide bonds. The van der Waals surface area contributed by atoms with E-state index in [1.807, 2.05) is 0 Å². The molecule has 0 atom stereocenters. The highest BCUT2D eigenvalue weighted by Crippen LogP contribution is 1.98. The monoisotopic (exact) mass is 138 g/mol. The molecule has 3 nitrogen and oxygen atoms in total. The van der Waals surface area contributed by atoms with Crippen molar-refractivity contribution in [3.05, 3.63) is 0 Å². The van der Waals surface area contributed by atoms with E-state index in [9.17, 15) is 4.79 Å². The SMILES string of the molecule is C[N+](C)(CCl)C(=O)O. The fourth-order valence-corrected chi connectivity index (χ4v) is 0.153. The Morgan fingerprint density at radius 2 is 2.12 bits per heavy atom. The van der Waals surface area contributed by atoms with Gasteiger partial charge in [0.2, 0.25) is 0 Å². The van der Waals surface area contributed by atoms with Crippen LogP contribution in [0.4, 0.5) is 4.79 Å². The van der Waals surface area contributed by atoms with E-state index in [4.69, 9.17) is 16.7 Å². The van der Waals surface area contributed by atoms with Gasteiger partial charge in [-0.25, -0.2) is 4.48 Å². The molecular weight excluding hydrogens is 130 g/mol. The van der Waals surface area contributed by atoms with Gasteiger partial charge in [0.05, 0.1) is 14.1 Å². The van der Waals surface area contributed by atoms with Crippen LogP contribution in [0.3, 0.4) is 0 Å². The fraction of sp³-hybridized carbons (Fsp3) is 0.750. The molecule has 0 saturated carbocycles. The van der Waals surface area contributed by atoms with Gasteiger partial charge in [-0.3, -0.25) is 0 Å². The smallest absolute Gasteiger partial charge is 0.435 e. The minimum atomic E-state index is -0.917. The molecule has 0 aliphatic heterocycles. The van der Waals surface area contributed by atoms with E-state index in [1.165, 1.54) is 14.1 Å². The van der Waals surface area contributed by atoms with Gasteiger partial charge in [0, 0.05) is 0 Å². The van der Waals surface area contributed by atoms with Gasteiger partial charge < -0.3 is 5.11 Å². The number of hydrogen-bond acceptors (Lipinski definition) is 1. The van der Waals surface area contributed by atoms with Crippen molar-refractivity contribution in [2.24, 2.45) is 0 Å². The summed E-state index contributed by atoms with van der Waals surface area (Å²) in [5, 5.41) is 8.33. The van der Waals surface area contributed by atoms with Crippen LogP contribution in [-0.4, -0.2) is 35.8 Å². The van der Waals surface area contributed by atoms with Gasteiger partial charge in [0.25, 0.3) is 0 Å². The van der Waals surface area contributed by atoms with Crippen molar-refractivity contribution >= 4 is 17.7 Å². The molecule has 1 N–H and O–H groups in total. The number of halogens is 1. The molecular formula is C4H9ClNO2+. The van der Waals surface area contributed by atoms with Crippen LogP contribution in [0.15, 0.2) is 0 Å². The number of rotatable bonds is 1. The van der Waals surface area contributed by atoms with Crippen LogP contribution in [0.2, 0.25) is 0 Å². The maximum Gasteiger partial charge on any atom is 0.514 e. The fourth-order valence-electron chi connectivity index (χ4n) is 0.0511. The summed E-state index contributed by atoms with van der Waals surface area (Å²) in [4.78, 5) is 10.1. The Hall–Kier alpha value is -0.280. The van der Waals surface area contributed by atoms with Crippen molar-refractivity contribution in [2.75, 3.05) is 20.1 Å². The molecule has 0 saturated heterocycles. The number of alkyl halides is 1. The Kier molecular flexibility index (Phi) is 2.25. The third-order valence-corrected chi connectivity index (χ3v) is 1.41. The molecule has 48 valence electrons. The zero-order valence-electron chi connectivity index (χ0n) is 4.89. The largest absolute Gasteiger partial charge is 0.514 e. The second kappa shape index (κ2) is 2.33. The van der Waals surface area contributed by atoms with E-state index < -0.39 is 6.09 Å². The molecule has 0 radical (unpaired) electrons. The minimum Gasteiger partial charge on any atom is -0.435 e. The summed E-state index contributed by atoms with van der Waals surface area (Å²) in [6.45, 7) is 0. The van der Waals surface area contributed by atoms with Crippen molar-refractivity contribution in [1.29, 1.82) is 0 Å². The van der Waals surface area contributed by atoms with Crippen LogP contribution in [0.5, 0.6) is 0 Å². The number of carbonyl (C=O) groups is 1. The Labute approximate surface area is 53.1 Å². The molecule has 0 aliphatic carbocycles. The Balaban J connectivity index is 3.91. The van der Waals surface area contributed by atoms with Crippen molar-refractivity contribution in [1.82, 2.24) is 0 Å². The first-order chi connectivity index (χ1) is 3.50. The number of nitrogens with zero attached hydrogens (tertiary/aromatic N) is 1. The normalized spacial score (nSPS) is 11.4. The topological polar surface area (TPSA) is 37.3 Å². The average molecular weight is 139 g/mol. The third-order valence-electron chi connectivity index (χ3n) is 0.817. The first kappa shape index (κ1) is 7.72. The second-order valence-electron chi connectivity index (χ2n) is 2.09. The Bertz CT molecular complexity index is 102. The van der Waals surface area contributed by atoms with Crippen molar-refractivity contribution in [2.45, 2.75) is 0 Å².